The van der Waals surface area contributed by atoms with E-state index in [0.717, 1.165) is 17.5 Å². The van der Waals surface area contributed by atoms with Gasteiger partial charge in [-0.2, -0.15) is 0 Å². The van der Waals surface area contributed by atoms with E-state index in [1.165, 1.54) is 11.1 Å². The fourth-order valence-corrected chi connectivity index (χ4v) is 5.96. The largest absolute Gasteiger partial charge is 0.341 e. The molecule has 2 aliphatic rings. The zero-order valence-electron chi connectivity index (χ0n) is 18.5. The molecule has 162 valence electrons. The Hall–Kier alpha value is -3.20. The summed E-state index contributed by atoms with van der Waals surface area (Å²) in [7, 11) is 0. The Bertz CT molecular complexity index is 1080. The third-order valence-electron chi connectivity index (χ3n) is 7.67. The average Bonchev–Trinajstić information content (AvgIpc) is 3.29. The highest BCUT2D eigenvalue weighted by molar-refractivity contribution is 5.86. The van der Waals surface area contributed by atoms with Crippen LogP contribution in [0.1, 0.15) is 35.1 Å². The van der Waals surface area contributed by atoms with Gasteiger partial charge in [0.25, 0.3) is 0 Å². The maximum Gasteiger partial charge on any atom is 0.227 e. The van der Waals surface area contributed by atoms with E-state index in [2.05, 4.69) is 48.5 Å². The van der Waals surface area contributed by atoms with Crippen molar-refractivity contribution in [3.63, 3.8) is 0 Å². The minimum atomic E-state index is -0.251. The second kappa shape index (κ2) is 8.38. The van der Waals surface area contributed by atoms with Gasteiger partial charge in [-0.1, -0.05) is 84.9 Å². The lowest BCUT2D eigenvalue weighted by Crippen LogP contribution is -2.47. The van der Waals surface area contributed by atoms with E-state index in [4.69, 9.17) is 0 Å². The number of hydrogen-bond acceptors (Lipinski definition) is 2. The first-order valence-corrected chi connectivity index (χ1v) is 11.6. The molecular weight excluding hydrogens is 394 g/mol. The molecular formula is C29H29NO2. The normalized spacial score (nSPS) is 21.9. The summed E-state index contributed by atoms with van der Waals surface area (Å²) in [6.45, 7) is 3.21. The molecule has 3 aromatic carbocycles. The summed E-state index contributed by atoms with van der Waals surface area (Å²) in [5.74, 6) is 0.416. The molecule has 1 saturated heterocycles. The summed E-state index contributed by atoms with van der Waals surface area (Å²) in [4.78, 5) is 28.3. The van der Waals surface area contributed by atoms with Crippen LogP contribution in [-0.4, -0.2) is 29.7 Å². The number of benzene rings is 3. The van der Waals surface area contributed by atoms with Gasteiger partial charge in [-0.3, -0.25) is 9.59 Å². The van der Waals surface area contributed by atoms with Crippen molar-refractivity contribution < 1.29 is 9.59 Å². The van der Waals surface area contributed by atoms with E-state index < -0.39 is 0 Å². The molecule has 3 nitrogen and oxygen atoms in total. The van der Waals surface area contributed by atoms with Crippen LogP contribution in [-0.2, 0) is 21.4 Å². The van der Waals surface area contributed by atoms with Crippen LogP contribution in [0.25, 0.3) is 0 Å². The minimum Gasteiger partial charge on any atom is -0.341 e. The molecule has 1 saturated carbocycles. The van der Waals surface area contributed by atoms with Crippen LogP contribution >= 0.6 is 0 Å². The number of amides is 1. The molecule has 2 unspecified atom stereocenters. The van der Waals surface area contributed by atoms with Crippen molar-refractivity contribution in [2.24, 2.45) is 11.8 Å². The van der Waals surface area contributed by atoms with Gasteiger partial charge >= 0.3 is 0 Å². The first-order chi connectivity index (χ1) is 15.6. The molecule has 5 rings (SSSR count). The van der Waals surface area contributed by atoms with Crippen molar-refractivity contribution >= 4 is 11.7 Å². The third kappa shape index (κ3) is 3.46. The highest BCUT2D eigenvalue weighted by atomic mass is 16.2. The van der Waals surface area contributed by atoms with Crippen LogP contribution in [0.15, 0.2) is 84.9 Å². The van der Waals surface area contributed by atoms with Crippen molar-refractivity contribution in [1.82, 2.24) is 4.90 Å². The summed E-state index contributed by atoms with van der Waals surface area (Å²) >= 11 is 0. The van der Waals surface area contributed by atoms with E-state index in [1.807, 2.05) is 48.2 Å². The van der Waals surface area contributed by atoms with Crippen LogP contribution in [0.5, 0.6) is 0 Å². The first-order valence-electron chi connectivity index (χ1n) is 11.6. The van der Waals surface area contributed by atoms with Gasteiger partial charge in [-0.05, 0) is 35.6 Å². The maximum absolute atomic E-state index is 13.3. The van der Waals surface area contributed by atoms with Crippen molar-refractivity contribution in [3.8, 4) is 0 Å². The number of nitrogens with zero attached hydrogens (tertiary/aromatic N) is 1. The lowest BCUT2D eigenvalue weighted by molar-refractivity contribution is -0.129. The third-order valence-corrected chi connectivity index (χ3v) is 7.67. The SMILES string of the molecule is Cc1ccccc1CC(=O)N1CC2C(=O)CCC(c3ccccc3)(c3ccccc3)C2C1. The summed E-state index contributed by atoms with van der Waals surface area (Å²) in [6.07, 6.45) is 1.75. The number of fused-ring (bicyclic) bond motifs is 1. The van der Waals surface area contributed by atoms with Gasteiger partial charge in [-0.15, -0.1) is 0 Å². The van der Waals surface area contributed by atoms with Crippen LogP contribution in [0, 0.1) is 18.8 Å². The molecule has 3 aromatic rings. The van der Waals surface area contributed by atoms with Gasteiger partial charge in [0.2, 0.25) is 5.91 Å². The molecule has 1 aliphatic carbocycles. The van der Waals surface area contributed by atoms with Gasteiger partial charge in [0, 0.05) is 36.8 Å². The van der Waals surface area contributed by atoms with Crippen molar-refractivity contribution in [3.05, 3.63) is 107 Å². The number of aryl methyl sites for hydroxylation is 1. The number of carbonyl (C=O) groups excluding carboxylic acids is 2. The van der Waals surface area contributed by atoms with Gasteiger partial charge in [0.1, 0.15) is 5.78 Å². The van der Waals surface area contributed by atoms with E-state index in [9.17, 15) is 9.59 Å². The fourth-order valence-electron chi connectivity index (χ4n) is 5.96. The number of hydrogen-bond donors (Lipinski definition) is 0. The maximum atomic E-state index is 13.3. The molecule has 0 bridgehead atoms. The first kappa shape index (κ1) is 20.7. The topological polar surface area (TPSA) is 37.4 Å². The minimum absolute atomic E-state index is 0.0920. The highest BCUT2D eigenvalue weighted by Crippen LogP contribution is 2.52. The zero-order valence-corrected chi connectivity index (χ0v) is 18.5. The van der Waals surface area contributed by atoms with Crippen molar-refractivity contribution in [2.75, 3.05) is 13.1 Å². The number of rotatable bonds is 4. The molecule has 1 amide bonds. The molecule has 3 heteroatoms. The Kier molecular flexibility index (Phi) is 5.42. The molecule has 1 heterocycles. The number of Topliss-reactive ketones (excluding diaryl/α,β-unsaturated/α-hetero) is 1. The van der Waals surface area contributed by atoms with Gasteiger partial charge in [0.15, 0.2) is 0 Å². The zero-order chi connectivity index (χ0) is 22.1. The van der Waals surface area contributed by atoms with Crippen molar-refractivity contribution in [1.29, 1.82) is 0 Å². The van der Waals surface area contributed by atoms with E-state index in [1.54, 1.807) is 0 Å². The Morgan fingerprint density at radius 3 is 2.09 bits per heavy atom. The second-order valence-corrected chi connectivity index (χ2v) is 9.28. The van der Waals surface area contributed by atoms with E-state index in [0.29, 0.717) is 31.7 Å². The summed E-state index contributed by atoms with van der Waals surface area (Å²) < 4.78 is 0. The Morgan fingerprint density at radius 2 is 1.47 bits per heavy atom. The second-order valence-electron chi connectivity index (χ2n) is 9.28. The predicted molar refractivity (Wildman–Crippen MR) is 126 cm³/mol. The molecule has 2 atom stereocenters. The summed E-state index contributed by atoms with van der Waals surface area (Å²) in [5, 5.41) is 0. The molecule has 1 aliphatic heterocycles. The van der Waals surface area contributed by atoms with Gasteiger partial charge < -0.3 is 4.90 Å². The highest BCUT2D eigenvalue weighted by Gasteiger charge is 2.55. The van der Waals surface area contributed by atoms with Crippen LogP contribution in [0.3, 0.4) is 0 Å². The molecule has 0 spiro atoms. The lowest BCUT2D eigenvalue weighted by atomic mass is 9.56. The van der Waals surface area contributed by atoms with Gasteiger partial charge in [0.05, 0.1) is 6.42 Å². The van der Waals surface area contributed by atoms with Crippen LogP contribution < -0.4 is 0 Å². The Labute approximate surface area is 190 Å². The molecule has 0 N–H and O–H groups in total. The molecule has 32 heavy (non-hydrogen) atoms. The van der Waals surface area contributed by atoms with E-state index >= 15 is 0 Å². The quantitative estimate of drug-likeness (QED) is 0.595. The van der Waals surface area contributed by atoms with Crippen LogP contribution in [0.4, 0.5) is 0 Å². The predicted octanol–water partition coefficient (Wildman–Crippen LogP) is 4.96. The van der Waals surface area contributed by atoms with Gasteiger partial charge in [-0.25, -0.2) is 0 Å². The summed E-state index contributed by atoms with van der Waals surface area (Å²) in [5.41, 5.74) is 4.45. The molecule has 2 fully saturated rings. The van der Waals surface area contributed by atoms with E-state index in [-0.39, 0.29) is 23.2 Å². The molecule has 0 radical (unpaired) electrons. The smallest absolute Gasteiger partial charge is 0.227 e. The fraction of sp³-hybridized carbons (Fsp3) is 0.310. The Balaban J connectivity index is 1.52. The average molecular weight is 424 g/mol. The number of likely N-dealkylation sites (tertiary alicyclic amines) is 1. The summed E-state index contributed by atoms with van der Waals surface area (Å²) in [6, 6.07) is 29.3. The van der Waals surface area contributed by atoms with Crippen LogP contribution in [0.2, 0.25) is 0 Å². The number of carbonyl (C=O) groups is 2. The molecule has 0 aromatic heterocycles. The number of ketones is 1. The lowest BCUT2D eigenvalue weighted by Gasteiger charge is -2.45. The van der Waals surface area contributed by atoms with Crippen molar-refractivity contribution in [2.45, 2.75) is 31.6 Å². The standard InChI is InChI=1S/C29H29NO2/c1-21-10-8-9-11-22(21)18-28(32)30-19-25-26(20-30)29(17-16-27(25)31,23-12-4-2-5-13-23)24-14-6-3-7-15-24/h2-15,25-26H,16-20H2,1H3. The Morgan fingerprint density at radius 1 is 0.875 bits per heavy atom. The monoisotopic (exact) mass is 423 g/mol.